The summed E-state index contributed by atoms with van der Waals surface area (Å²) < 4.78 is 5.38. The maximum atomic E-state index is 12.7. The van der Waals surface area contributed by atoms with E-state index in [1.807, 2.05) is 4.90 Å². The second-order valence-corrected chi connectivity index (χ2v) is 7.77. The highest BCUT2D eigenvalue weighted by Gasteiger charge is 2.45. The lowest BCUT2D eigenvalue weighted by atomic mass is 9.73. The monoisotopic (exact) mass is 328 g/mol. The van der Waals surface area contributed by atoms with E-state index in [9.17, 15) is 4.79 Å². The first-order valence-corrected chi connectivity index (χ1v) is 9.31. The number of benzene rings is 1. The van der Waals surface area contributed by atoms with Crippen LogP contribution in [0.4, 0.5) is 0 Å². The van der Waals surface area contributed by atoms with Crippen molar-refractivity contribution in [1.29, 1.82) is 0 Å². The van der Waals surface area contributed by atoms with Gasteiger partial charge in [-0.15, -0.1) is 0 Å². The molecule has 1 spiro atoms. The Kier molecular flexibility index (Phi) is 4.35. The van der Waals surface area contributed by atoms with Gasteiger partial charge in [-0.05, 0) is 61.9 Å². The largest absolute Gasteiger partial charge is 0.378 e. The molecule has 1 aromatic carbocycles. The molecule has 130 valence electrons. The lowest BCUT2D eigenvalue weighted by molar-refractivity contribution is -0.135. The highest BCUT2D eigenvalue weighted by Crippen LogP contribution is 2.52. The number of carbonyl (C=O) groups excluding carboxylic acids is 1. The number of morpholine rings is 1. The van der Waals surface area contributed by atoms with Gasteiger partial charge in [0.1, 0.15) is 0 Å². The fourth-order valence-electron chi connectivity index (χ4n) is 4.88. The number of nitrogens with zero attached hydrogens (tertiary/aromatic N) is 2. The minimum Gasteiger partial charge on any atom is -0.378 e. The third-order valence-electron chi connectivity index (χ3n) is 6.34. The molecular formula is C20H28N2O2. The normalized spacial score (nSPS) is 26.5. The van der Waals surface area contributed by atoms with Gasteiger partial charge in [-0.3, -0.25) is 4.79 Å². The van der Waals surface area contributed by atoms with Crippen molar-refractivity contribution in [3.8, 4) is 0 Å². The van der Waals surface area contributed by atoms with Crippen molar-refractivity contribution in [3.05, 3.63) is 35.4 Å². The first kappa shape index (κ1) is 16.1. The van der Waals surface area contributed by atoms with Crippen LogP contribution in [0, 0.1) is 0 Å². The standard InChI is InChI=1S/C20H28N2O2/c1-21-8-6-20(7-9-21)15-16(17-4-2-3-5-18(17)20)14-19(23)22-10-12-24-13-11-22/h2-5,16H,6-15H2,1H3. The predicted octanol–water partition coefficient (Wildman–Crippen LogP) is 2.39. The Morgan fingerprint density at radius 1 is 1.17 bits per heavy atom. The number of hydrogen-bond donors (Lipinski definition) is 0. The number of piperidine rings is 1. The van der Waals surface area contributed by atoms with Crippen molar-refractivity contribution >= 4 is 5.91 Å². The van der Waals surface area contributed by atoms with Crippen molar-refractivity contribution < 1.29 is 9.53 Å². The number of hydrogen-bond acceptors (Lipinski definition) is 3. The molecule has 0 bridgehead atoms. The zero-order valence-electron chi connectivity index (χ0n) is 14.7. The van der Waals surface area contributed by atoms with Crippen molar-refractivity contribution in [3.63, 3.8) is 0 Å². The second-order valence-electron chi connectivity index (χ2n) is 7.77. The maximum Gasteiger partial charge on any atom is 0.223 e. The molecule has 0 radical (unpaired) electrons. The summed E-state index contributed by atoms with van der Waals surface area (Å²) in [6.45, 7) is 5.20. The van der Waals surface area contributed by atoms with Crippen LogP contribution in [0.2, 0.25) is 0 Å². The average Bonchev–Trinajstić information content (AvgIpc) is 2.92. The molecule has 2 saturated heterocycles. The summed E-state index contributed by atoms with van der Waals surface area (Å²) >= 11 is 0. The van der Waals surface area contributed by atoms with Crippen LogP contribution in [0.15, 0.2) is 24.3 Å². The number of rotatable bonds is 2. The lowest BCUT2D eigenvalue weighted by Crippen LogP contribution is -2.41. The average molecular weight is 328 g/mol. The Morgan fingerprint density at radius 3 is 2.62 bits per heavy atom. The number of ether oxygens (including phenoxy) is 1. The van der Waals surface area contributed by atoms with Gasteiger partial charge in [0.25, 0.3) is 0 Å². The van der Waals surface area contributed by atoms with Crippen LogP contribution >= 0.6 is 0 Å². The molecule has 4 rings (SSSR count). The van der Waals surface area contributed by atoms with Gasteiger partial charge in [-0.2, -0.15) is 0 Å². The molecule has 0 saturated carbocycles. The molecule has 1 unspecified atom stereocenters. The lowest BCUT2D eigenvalue weighted by Gasteiger charge is -2.39. The Bertz CT molecular complexity index is 601. The molecule has 4 nitrogen and oxygen atoms in total. The molecule has 4 heteroatoms. The second kappa shape index (κ2) is 6.49. The number of fused-ring (bicyclic) bond motifs is 2. The molecule has 0 aromatic heterocycles. The fraction of sp³-hybridized carbons (Fsp3) is 0.650. The predicted molar refractivity (Wildman–Crippen MR) is 94.2 cm³/mol. The third kappa shape index (κ3) is 2.86. The zero-order valence-corrected chi connectivity index (χ0v) is 14.7. The Morgan fingerprint density at radius 2 is 1.88 bits per heavy atom. The molecular weight excluding hydrogens is 300 g/mol. The zero-order chi connectivity index (χ0) is 16.6. The van der Waals surface area contributed by atoms with Crippen LogP contribution in [-0.2, 0) is 14.9 Å². The smallest absolute Gasteiger partial charge is 0.223 e. The van der Waals surface area contributed by atoms with Crippen molar-refractivity contribution in [2.75, 3.05) is 46.4 Å². The summed E-state index contributed by atoms with van der Waals surface area (Å²) in [5.41, 5.74) is 3.26. The van der Waals surface area contributed by atoms with E-state index in [0.29, 0.717) is 36.9 Å². The van der Waals surface area contributed by atoms with Crippen LogP contribution in [0.3, 0.4) is 0 Å². The summed E-state index contributed by atoms with van der Waals surface area (Å²) in [5, 5.41) is 0. The van der Waals surface area contributed by atoms with Gasteiger partial charge < -0.3 is 14.5 Å². The summed E-state index contributed by atoms with van der Waals surface area (Å²) in [5.74, 6) is 0.697. The van der Waals surface area contributed by atoms with E-state index in [1.165, 1.54) is 37.1 Å². The molecule has 3 aliphatic rings. The molecule has 1 aromatic rings. The van der Waals surface area contributed by atoms with Gasteiger partial charge in [-0.25, -0.2) is 0 Å². The summed E-state index contributed by atoms with van der Waals surface area (Å²) in [7, 11) is 2.22. The molecule has 2 heterocycles. The van der Waals surface area contributed by atoms with E-state index >= 15 is 0 Å². The number of carbonyl (C=O) groups is 1. The van der Waals surface area contributed by atoms with Gasteiger partial charge >= 0.3 is 0 Å². The van der Waals surface area contributed by atoms with Crippen molar-refractivity contribution in [2.45, 2.75) is 37.0 Å². The maximum absolute atomic E-state index is 12.7. The first-order valence-electron chi connectivity index (χ1n) is 9.31. The molecule has 0 N–H and O–H groups in total. The van der Waals surface area contributed by atoms with Crippen molar-refractivity contribution in [1.82, 2.24) is 9.80 Å². The minimum absolute atomic E-state index is 0.305. The molecule has 2 fully saturated rings. The van der Waals surface area contributed by atoms with Gasteiger partial charge in [0.05, 0.1) is 13.2 Å². The Balaban J connectivity index is 1.53. The van der Waals surface area contributed by atoms with Crippen LogP contribution in [0.25, 0.3) is 0 Å². The summed E-state index contributed by atoms with van der Waals surface area (Å²) in [4.78, 5) is 17.2. The highest BCUT2D eigenvalue weighted by atomic mass is 16.5. The van der Waals surface area contributed by atoms with Crippen LogP contribution < -0.4 is 0 Å². The van der Waals surface area contributed by atoms with E-state index in [4.69, 9.17) is 4.74 Å². The molecule has 1 amide bonds. The van der Waals surface area contributed by atoms with E-state index in [2.05, 4.69) is 36.2 Å². The van der Waals surface area contributed by atoms with E-state index < -0.39 is 0 Å². The third-order valence-corrected chi connectivity index (χ3v) is 6.34. The molecule has 24 heavy (non-hydrogen) atoms. The molecule has 1 atom stereocenters. The SMILES string of the molecule is CN1CCC2(CC1)CC(CC(=O)N1CCOCC1)c1ccccc12. The molecule has 2 aliphatic heterocycles. The topological polar surface area (TPSA) is 32.8 Å². The van der Waals surface area contributed by atoms with Gasteiger partial charge in [-0.1, -0.05) is 24.3 Å². The van der Waals surface area contributed by atoms with Gasteiger partial charge in [0, 0.05) is 19.5 Å². The van der Waals surface area contributed by atoms with E-state index in [-0.39, 0.29) is 0 Å². The van der Waals surface area contributed by atoms with Crippen molar-refractivity contribution in [2.24, 2.45) is 0 Å². The van der Waals surface area contributed by atoms with E-state index in [0.717, 1.165) is 19.5 Å². The Labute approximate surface area is 144 Å². The van der Waals surface area contributed by atoms with Crippen LogP contribution in [-0.4, -0.2) is 62.1 Å². The number of amides is 1. The highest BCUT2D eigenvalue weighted by molar-refractivity contribution is 5.77. The molecule has 1 aliphatic carbocycles. The Hall–Kier alpha value is -1.39. The quantitative estimate of drug-likeness (QED) is 0.836. The van der Waals surface area contributed by atoms with Crippen LogP contribution in [0.5, 0.6) is 0 Å². The van der Waals surface area contributed by atoms with E-state index in [1.54, 1.807) is 0 Å². The first-order chi connectivity index (χ1) is 11.7. The fourth-order valence-corrected chi connectivity index (χ4v) is 4.88. The number of likely N-dealkylation sites (tertiary alicyclic amines) is 1. The van der Waals surface area contributed by atoms with Crippen LogP contribution in [0.1, 0.15) is 42.7 Å². The van der Waals surface area contributed by atoms with Gasteiger partial charge in [0.15, 0.2) is 0 Å². The summed E-state index contributed by atoms with van der Waals surface area (Å²) in [6.07, 6.45) is 4.26. The summed E-state index contributed by atoms with van der Waals surface area (Å²) in [6, 6.07) is 8.89. The minimum atomic E-state index is 0.305. The van der Waals surface area contributed by atoms with Gasteiger partial charge in [0.2, 0.25) is 5.91 Å².